The highest BCUT2D eigenvalue weighted by molar-refractivity contribution is 9.10. The number of pyridine rings is 1. The molecule has 128 valence electrons. The number of benzene rings is 1. The average molecular weight is 402 g/mol. The molecule has 2 aromatic heterocycles. The number of nitrogens with zero attached hydrogens (tertiary/aromatic N) is 4. The van der Waals surface area contributed by atoms with Gasteiger partial charge in [-0.1, -0.05) is 6.07 Å². The molecule has 1 aromatic carbocycles. The van der Waals surface area contributed by atoms with Crippen molar-refractivity contribution < 1.29 is 14.3 Å². The van der Waals surface area contributed by atoms with Crippen LogP contribution in [0.5, 0.6) is 0 Å². The van der Waals surface area contributed by atoms with Crippen molar-refractivity contribution in [1.82, 2.24) is 9.97 Å². The standard InChI is InChI=1S/C17H15BrN4O3/c18-15-3-1-2-13(20-15)16(23)19-11-4-5-12-14(10-11)25-17(21-12)22-6-8-24-9-7-22/h1-5,10H,6-9H2,(H,19,23)/p-1. The predicted octanol–water partition coefficient (Wildman–Crippen LogP) is 2.26. The molecule has 0 aliphatic carbocycles. The lowest BCUT2D eigenvalue weighted by atomic mass is 10.3. The molecular formula is C17H14BrN4O3-. The van der Waals surface area contributed by atoms with E-state index >= 15 is 0 Å². The van der Waals surface area contributed by atoms with Crippen molar-refractivity contribution in [3.63, 3.8) is 0 Å². The summed E-state index contributed by atoms with van der Waals surface area (Å²) in [6, 6.07) is 10.9. The second-order valence-corrected chi connectivity index (χ2v) is 6.32. The monoisotopic (exact) mass is 401 g/mol. The van der Waals surface area contributed by atoms with Crippen molar-refractivity contribution in [3.8, 4) is 0 Å². The molecule has 1 saturated heterocycles. The summed E-state index contributed by atoms with van der Waals surface area (Å²) in [4.78, 5) is 14.7. The number of oxazole rings is 1. The molecule has 1 aliphatic heterocycles. The Kier molecular flexibility index (Phi) is 4.37. The molecule has 0 spiro atoms. The number of hydrogen-bond acceptors (Lipinski definition) is 7. The van der Waals surface area contributed by atoms with Crippen LogP contribution in [0.1, 0.15) is 5.69 Å². The average Bonchev–Trinajstić information content (AvgIpc) is 3.06. The van der Waals surface area contributed by atoms with Gasteiger partial charge in [0.05, 0.1) is 24.6 Å². The van der Waals surface area contributed by atoms with Gasteiger partial charge in [0.15, 0.2) is 5.58 Å². The van der Waals surface area contributed by atoms with Crippen LogP contribution in [0, 0.1) is 0 Å². The summed E-state index contributed by atoms with van der Waals surface area (Å²) in [5.41, 5.74) is 2.11. The van der Waals surface area contributed by atoms with Crippen molar-refractivity contribution in [1.29, 1.82) is 0 Å². The molecule has 0 saturated carbocycles. The molecule has 1 aliphatic rings. The number of ether oxygens (including phenoxy) is 1. The highest BCUT2D eigenvalue weighted by atomic mass is 79.9. The molecule has 0 amide bonds. The van der Waals surface area contributed by atoms with Crippen molar-refractivity contribution in [3.05, 3.63) is 46.7 Å². The fourth-order valence-corrected chi connectivity index (χ4v) is 2.91. The number of aliphatic imine (C=N–C) groups is 1. The van der Waals surface area contributed by atoms with E-state index in [1.807, 2.05) is 4.90 Å². The Balaban J connectivity index is 1.63. The van der Waals surface area contributed by atoms with Gasteiger partial charge in [0.25, 0.3) is 6.01 Å². The minimum Gasteiger partial charge on any atom is -0.857 e. The van der Waals surface area contributed by atoms with Gasteiger partial charge < -0.3 is 19.2 Å². The SMILES string of the molecule is [O-]C(=Nc1ccc2nc(N3CCOCC3)oc2c1)c1cccc(Br)n1. The number of hydrogen-bond donors (Lipinski definition) is 0. The zero-order valence-corrected chi connectivity index (χ0v) is 14.8. The molecule has 1 fully saturated rings. The Morgan fingerprint density at radius 3 is 2.80 bits per heavy atom. The van der Waals surface area contributed by atoms with Crippen LogP contribution in [0.4, 0.5) is 11.7 Å². The normalized spacial score (nSPS) is 15.7. The summed E-state index contributed by atoms with van der Waals surface area (Å²) < 4.78 is 11.7. The van der Waals surface area contributed by atoms with Gasteiger partial charge in [0.2, 0.25) is 0 Å². The van der Waals surface area contributed by atoms with E-state index in [9.17, 15) is 5.11 Å². The maximum atomic E-state index is 12.2. The Bertz CT molecular complexity index is 935. The van der Waals surface area contributed by atoms with Gasteiger partial charge in [-0.05, 0) is 40.2 Å². The lowest BCUT2D eigenvalue weighted by molar-refractivity contribution is -0.213. The summed E-state index contributed by atoms with van der Waals surface area (Å²) >= 11 is 3.25. The van der Waals surface area contributed by atoms with Crippen LogP contribution in [-0.2, 0) is 4.74 Å². The van der Waals surface area contributed by atoms with E-state index in [4.69, 9.17) is 9.15 Å². The van der Waals surface area contributed by atoms with Gasteiger partial charge >= 0.3 is 0 Å². The van der Waals surface area contributed by atoms with Crippen LogP contribution >= 0.6 is 15.9 Å². The number of anilines is 1. The van der Waals surface area contributed by atoms with Gasteiger partial charge in [0, 0.05) is 25.1 Å². The van der Waals surface area contributed by atoms with Gasteiger partial charge in [-0.3, -0.25) is 4.99 Å². The van der Waals surface area contributed by atoms with Crippen molar-refractivity contribution in [2.24, 2.45) is 4.99 Å². The van der Waals surface area contributed by atoms with Crippen LogP contribution in [0.15, 0.2) is 50.4 Å². The van der Waals surface area contributed by atoms with E-state index in [-0.39, 0.29) is 5.69 Å². The highest BCUT2D eigenvalue weighted by Gasteiger charge is 2.17. The molecule has 0 bridgehead atoms. The summed E-state index contributed by atoms with van der Waals surface area (Å²) in [5.74, 6) is -0.409. The first kappa shape index (κ1) is 16.0. The van der Waals surface area contributed by atoms with E-state index in [0.29, 0.717) is 35.1 Å². The molecule has 0 N–H and O–H groups in total. The molecule has 3 heterocycles. The Morgan fingerprint density at radius 2 is 2.00 bits per heavy atom. The quantitative estimate of drug-likeness (QED) is 0.380. The largest absolute Gasteiger partial charge is 0.857 e. The zero-order valence-electron chi connectivity index (χ0n) is 13.2. The first-order chi connectivity index (χ1) is 12.2. The van der Waals surface area contributed by atoms with Gasteiger partial charge in [0.1, 0.15) is 10.1 Å². The van der Waals surface area contributed by atoms with Crippen molar-refractivity contribution >= 4 is 44.6 Å². The lowest BCUT2D eigenvalue weighted by Crippen LogP contribution is -2.36. The van der Waals surface area contributed by atoms with E-state index in [1.54, 1.807) is 36.4 Å². The number of rotatable bonds is 3. The number of fused-ring (bicyclic) bond motifs is 1. The maximum absolute atomic E-state index is 12.2. The summed E-state index contributed by atoms with van der Waals surface area (Å²) in [7, 11) is 0. The molecule has 8 heteroatoms. The number of halogens is 1. The zero-order chi connectivity index (χ0) is 17.2. The highest BCUT2D eigenvalue weighted by Crippen LogP contribution is 2.26. The molecule has 0 unspecified atom stereocenters. The molecule has 4 rings (SSSR count). The third-order valence-corrected chi connectivity index (χ3v) is 4.25. The van der Waals surface area contributed by atoms with Crippen LogP contribution in [0.25, 0.3) is 11.1 Å². The van der Waals surface area contributed by atoms with E-state index < -0.39 is 5.90 Å². The first-order valence-corrected chi connectivity index (χ1v) is 8.60. The van der Waals surface area contributed by atoms with Crippen LogP contribution in [0.3, 0.4) is 0 Å². The Labute approximate surface area is 152 Å². The Hall–Kier alpha value is -2.45. The maximum Gasteiger partial charge on any atom is 0.298 e. The number of morpholine rings is 1. The topological polar surface area (TPSA) is 86.8 Å². The molecule has 0 atom stereocenters. The molecule has 0 radical (unpaired) electrons. The Morgan fingerprint density at radius 1 is 1.16 bits per heavy atom. The smallest absolute Gasteiger partial charge is 0.298 e. The van der Waals surface area contributed by atoms with E-state index in [1.165, 1.54) is 0 Å². The number of aromatic nitrogens is 2. The van der Waals surface area contributed by atoms with E-state index in [0.717, 1.165) is 18.6 Å². The third kappa shape index (κ3) is 3.49. The fourth-order valence-electron chi connectivity index (χ4n) is 2.56. The van der Waals surface area contributed by atoms with Gasteiger partial charge in [-0.15, -0.1) is 0 Å². The fraction of sp³-hybridized carbons (Fsp3) is 0.235. The van der Waals surface area contributed by atoms with Crippen LogP contribution in [-0.4, -0.2) is 42.2 Å². The second-order valence-electron chi connectivity index (χ2n) is 5.51. The molecule has 25 heavy (non-hydrogen) atoms. The van der Waals surface area contributed by atoms with E-state index in [2.05, 4.69) is 30.9 Å². The van der Waals surface area contributed by atoms with Gasteiger partial charge in [-0.2, -0.15) is 4.98 Å². The van der Waals surface area contributed by atoms with Crippen molar-refractivity contribution in [2.45, 2.75) is 0 Å². The minimum absolute atomic E-state index is 0.279. The second kappa shape index (κ2) is 6.81. The van der Waals surface area contributed by atoms with Crippen molar-refractivity contribution in [2.75, 3.05) is 31.2 Å². The summed E-state index contributed by atoms with van der Waals surface area (Å²) in [6.45, 7) is 2.81. The molecule has 3 aromatic rings. The predicted molar refractivity (Wildman–Crippen MR) is 95.2 cm³/mol. The molecular weight excluding hydrogens is 388 g/mol. The van der Waals surface area contributed by atoms with Crippen LogP contribution < -0.4 is 10.0 Å². The lowest BCUT2D eigenvalue weighted by Gasteiger charge is -2.24. The minimum atomic E-state index is -0.409. The first-order valence-electron chi connectivity index (χ1n) is 7.81. The van der Waals surface area contributed by atoms with Gasteiger partial charge in [-0.25, -0.2) is 4.98 Å². The molecule has 7 nitrogen and oxygen atoms in total. The summed E-state index contributed by atoms with van der Waals surface area (Å²) in [5, 5.41) is 12.2. The van der Waals surface area contributed by atoms with Crippen LogP contribution in [0.2, 0.25) is 0 Å². The summed E-state index contributed by atoms with van der Waals surface area (Å²) in [6.07, 6.45) is 0. The third-order valence-electron chi connectivity index (χ3n) is 3.81.